The van der Waals surface area contributed by atoms with E-state index in [1.54, 1.807) is 0 Å². The van der Waals surface area contributed by atoms with Gasteiger partial charge < -0.3 is 15.4 Å². The van der Waals surface area contributed by atoms with Crippen molar-refractivity contribution in [3.8, 4) is 0 Å². The average Bonchev–Trinajstić information content (AvgIpc) is 2.48. The van der Waals surface area contributed by atoms with E-state index < -0.39 is 0 Å². The number of ether oxygens (including phenoxy) is 1. The minimum atomic E-state index is 0.0240. The first-order chi connectivity index (χ1) is 9.81. The highest BCUT2D eigenvalue weighted by molar-refractivity contribution is 5.51. The maximum atomic E-state index is 5.72. The van der Waals surface area contributed by atoms with Gasteiger partial charge in [-0.1, -0.05) is 12.1 Å². The van der Waals surface area contributed by atoms with Crippen molar-refractivity contribution in [2.45, 2.75) is 13.0 Å². The van der Waals surface area contributed by atoms with Crippen molar-refractivity contribution in [1.29, 1.82) is 0 Å². The fraction of sp³-hybridized carbons (Fsp3) is 0.333. The van der Waals surface area contributed by atoms with Gasteiger partial charge >= 0.3 is 0 Å². The normalized spacial score (nSPS) is 18.8. The fourth-order valence-corrected chi connectivity index (χ4v) is 2.20. The Morgan fingerprint density at radius 3 is 2.70 bits per heavy atom. The van der Waals surface area contributed by atoms with E-state index in [0.29, 0.717) is 0 Å². The lowest BCUT2D eigenvalue weighted by molar-refractivity contribution is 0.0251. The van der Waals surface area contributed by atoms with Gasteiger partial charge in [0.2, 0.25) is 0 Å². The van der Waals surface area contributed by atoms with E-state index in [4.69, 9.17) is 4.74 Å². The first kappa shape index (κ1) is 13.0. The topological polar surface area (TPSA) is 59.1 Å². The van der Waals surface area contributed by atoms with E-state index in [9.17, 15) is 0 Å². The minimum absolute atomic E-state index is 0.0240. The van der Waals surface area contributed by atoms with Gasteiger partial charge in [0.05, 0.1) is 12.3 Å². The van der Waals surface area contributed by atoms with E-state index in [1.807, 2.05) is 43.3 Å². The van der Waals surface area contributed by atoms with Gasteiger partial charge in [0, 0.05) is 18.8 Å². The summed E-state index contributed by atoms with van der Waals surface area (Å²) in [5.74, 6) is 1.59. The lowest BCUT2D eigenvalue weighted by Gasteiger charge is -2.23. The molecule has 1 aliphatic heterocycles. The van der Waals surface area contributed by atoms with E-state index >= 15 is 0 Å². The smallest absolute Gasteiger partial charge is 0.131 e. The summed E-state index contributed by atoms with van der Waals surface area (Å²) in [4.78, 5) is 9.02. The predicted octanol–water partition coefficient (Wildman–Crippen LogP) is 2.19. The molecule has 0 spiro atoms. The van der Waals surface area contributed by atoms with E-state index in [1.165, 1.54) is 0 Å². The molecule has 104 valence electrons. The molecular formula is C15H18N4O. The minimum Gasteiger partial charge on any atom is -0.369 e. The molecule has 1 unspecified atom stereocenters. The van der Waals surface area contributed by atoms with E-state index in [-0.39, 0.29) is 6.10 Å². The van der Waals surface area contributed by atoms with E-state index in [0.717, 1.165) is 42.7 Å². The van der Waals surface area contributed by atoms with Crippen molar-refractivity contribution in [2.75, 3.05) is 25.0 Å². The van der Waals surface area contributed by atoms with Gasteiger partial charge in [0.15, 0.2) is 0 Å². The number of rotatable bonds is 3. The SMILES string of the molecule is Cc1cccc(Nc2cccc(C3CNCCO3)n2)n1. The highest BCUT2D eigenvalue weighted by Gasteiger charge is 2.17. The molecule has 2 N–H and O–H groups in total. The second-order valence-electron chi connectivity index (χ2n) is 4.80. The Labute approximate surface area is 118 Å². The van der Waals surface area contributed by atoms with Crippen LogP contribution >= 0.6 is 0 Å². The summed E-state index contributed by atoms with van der Waals surface area (Å²) in [5.41, 5.74) is 1.92. The molecule has 1 aliphatic rings. The second kappa shape index (κ2) is 5.98. The first-order valence-corrected chi connectivity index (χ1v) is 6.81. The number of anilines is 2. The third kappa shape index (κ3) is 3.12. The molecule has 0 bridgehead atoms. The number of aryl methyl sites for hydroxylation is 1. The van der Waals surface area contributed by atoms with Gasteiger partial charge in [0.25, 0.3) is 0 Å². The van der Waals surface area contributed by atoms with Crippen LogP contribution in [0.2, 0.25) is 0 Å². The molecule has 1 saturated heterocycles. The largest absolute Gasteiger partial charge is 0.369 e. The summed E-state index contributed by atoms with van der Waals surface area (Å²) >= 11 is 0. The van der Waals surface area contributed by atoms with Gasteiger partial charge in [-0.05, 0) is 31.2 Å². The van der Waals surface area contributed by atoms with Gasteiger partial charge in [0.1, 0.15) is 17.7 Å². The van der Waals surface area contributed by atoms with Crippen molar-refractivity contribution in [3.63, 3.8) is 0 Å². The predicted molar refractivity (Wildman–Crippen MR) is 78.1 cm³/mol. The molecule has 0 aliphatic carbocycles. The number of hydrogen-bond donors (Lipinski definition) is 2. The molecule has 1 fully saturated rings. The molecule has 3 rings (SSSR count). The van der Waals surface area contributed by atoms with Crippen LogP contribution in [0.5, 0.6) is 0 Å². The van der Waals surface area contributed by atoms with E-state index in [2.05, 4.69) is 20.6 Å². The molecule has 0 amide bonds. The zero-order valence-corrected chi connectivity index (χ0v) is 11.5. The molecule has 2 aromatic heterocycles. The van der Waals surface area contributed by atoms with Crippen LogP contribution in [-0.2, 0) is 4.74 Å². The monoisotopic (exact) mass is 270 g/mol. The first-order valence-electron chi connectivity index (χ1n) is 6.81. The quantitative estimate of drug-likeness (QED) is 0.895. The van der Waals surface area contributed by atoms with Gasteiger partial charge in [-0.15, -0.1) is 0 Å². The molecule has 5 nitrogen and oxygen atoms in total. The third-order valence-corrected chi connectivity index (χ3v) is 3.17. The molecule has 20 heavy (non-hydrogen) atoms. The zero-order valence-electron chi connectivity index (χ0n) is 11.5. The Hall–Kier alpha value is -1.98. The number of aromatic nitrogens is 2. The lowest BCUT2D eigenvalue weighted by atomic mass is 10.2. The van der Waals surface area contributed by atoms with Crippen molar-refractivity contribution in [2.24, 2.45) is 0 Å². The van der Waals surface area contributed by atoms with Crippen LogP contribution in [0.1, 0.15) is 17.5 Å². The summed E-state index contributed by atoms with van der Waals surface area (Å²) in [6.45, 7) is 4.40. The third-order valence-electron chi connectivity index (χ3n) is 3.17. The highest BCUT2D eigenvalue weighted by atomic mass is 16.5. The molecule has 2 aromatic rings. The summed E-state index contributed by atoms with van der Waals surface area (Å²) < 4.78 is 5.72. The van der Waals surface area contributed by atoms with Gasteiger partial charge in [-0.25, -0.2) is 9.97 Å². The van der Waals surface area contributed by atoms with Crippen LogP contribution in [0.25, 0.3) is 0 Å². The van der Waals surface area contributed by atoms with Crippen LogP contribution in [-0.4, -0.2) is 29.7 Å². The van der Waals surface area contributed by atoms with Crippen LogP contribution < -0.4 is 10.6 Å². The Balaban J connectivity index is 1.77. The Kier molecular flexibility index (Phi) is 3.90. The number of morpholine rings is 1. The fourth-order valence-electron chi connectivity index (χ4n) is 2.20. The molecule has 0 saturated carbocycles. The Morgan fingerprint density at radius 1 is 1.15 bits per heavy atom. The van der Waals surface area contributed by atoms with Crippen molar-refractivity contribution in [3.05, 3.63) is 47.8 Å². The van der Waals surface area contributed by atoms with Gasteiger partial charge in [-0.3, -0.25) is 0 Å². The van der Waals surface area contributed by atoms with Crippen molar-refractivity contribution >= 4 is 11.6 Å². The number of pyridine rings is 2. The molecule has 0 radical (unpaired) electrons. The standard InChI is InChI=1S/C15H18N4O/c1-11-4-2-6-14(17-11)19-15-7-3-5-12(18-15)13-10-16-8-9-20-13/h2-7,13,16H,8-10H2,1H3,(H,17,18,19). The van der Waals surface area contributed by atoms with Crippen LogP contribution in [0, 0.1) is 6.92 Å². The summed E-state index contributed by atoms with van der Waals surface area (Å²) in [7, 11) is 0. The zero-order chi connectivity index (χ0) is 13.8. The van der Waals surface area contributed by atoms with Crippen LogP contribution in [0.3, 0.4) is 0 Å². The maximum Gasteiger partial charge on any atom is 0.131 e. The summed E-state index contributed by atoms with van der Waals surface area (Å²) in [6.07, 6.45) is 0.0240. The van der Waals surface area contributed by atoms with Crippen molar-refractivity contribution in [1.82, 2.24) is 15.3 Å². The Morgan fingerprint density at radius 2 is 1.95 bits per heavy atom. The molecule has 0 aromatic carbocycles. The lowest BCUT2D eigenvalue weighted by Crippen LogP contribution is -2.33. The van der Waals surface area contributed by atoms with Crippen LogP contribution in [0.15, 0.2) is 36.4 Å². The number of nitrogens with one attached hydrogen (secondary N) is 2. The number of nitrogens with zero attached hydrogens (tertiary/aromatic N) is 2. The summed E-state index contributed by atoms with van der Waals surface area (Å²) in [6, 6.07) is 11.8. The van der Waals surface area contributed by atoms with Crippen LogP contribution in [0.4, 0.5) is 11.6 Å². The molecule has 5 heteroatoms. The Bertz CT molecular complexity index is 582. The van der Waals surface area contributed by atoms with Gasteiger partial charge in [-0.2, -0.15) is 0 Å². The maximum absolute atomic E-state index is 5.72. The molecular weight excluding hydrogens is 252 g/mol. The summed E-state index contributed by atoms with van der Waals surface area (Å²) in [5, 5.41) is 6.54. The highest BCUT2D eigenvalue weighted by Crippen LogP contribution is 2.19. The van der Waals surface area contributed by atoms with Crippen molar-refractivity contribution < 1.29 is 4.74 Å². The molecule has 3 heterocycles. The molecule has 1 atom stereocenters. The average molecular weight is 270 g/mol. The number of hydrogen-bond acceptors (Lipinski definition) is 5. The second-order valence-corrected chi connectivity index (χ2v) is 4.80.